The Morgan fingerprint density at radius 1 is 0.889 bits per heavy atom. The fourth-order valence-electron chi connectivity index (χ4n) is 2.61. The molecular formula is C23H52N2O2. The maximum atomic E-state index is 10.1. The molecule has 0 aromatic rings. The van der Waals surface area contributed by atoms with E-state index in [1.165, 1.54) is 32.1 Å². The number of nitrogens with zero attached hydrogens (tertiary/aromatic N) is 1. The molecule has 0 heterocycles. The summed E-state index contributed by atoms with van der Waals surface area (Å²) >= 11 is 0. The lowest BCUT2D eigenvalue weighted by Crippen LogP contribution is -2.39. The largest absolute Gasteiger partial charge is 0.393 e. The number of unbranched alkanes of at least 4 members (excludes halogenated alkanes) is 3. The van der Waals surface area contributed by atoms with Gasteiger partial charge in [-0.05, 0) is 58.9 Å². The zero-order valence-corrected chi connectivity index (χ0v) is 19.9. The van der Waals surface area contributed by atoms with Gasteiger partial charge in [0.1, 0.15) is 6.23 Å². The Kier molecular flexibility index (Phi) is 27.3. The second-order valence-electron chi connectivity index (χ2n) is 7.73. The average Bonchev–Trinajstić information content (AvgIpc) is 2.63. The lowest BCUT2D eigenvalue weighted by atomic mass is 9.98. The first-order chi connectivity index (χ1) is 12.7. The molecule has 0 amide bonds. The fraction of sp³-hybridized carbons (Fsp3) is 0.957. The van der Waals surface area contributed by atoms with Gasteiger partial charge in [-0.15, -0.1) is 0 Å². The quantitative estimate of drug-likeness (QED) is 0.258. The number of aliphatic hydroxyl groups excluding tert-OH is 2. The zero-order valence-electron chi connectivity index (χ0n) is 19.9. The molecule has 4 heteroatoms. The van der Waals surface area contributed by atoms with Crippen molar-refractivity contribution in [2.75, 3.05) is 13.6 Å². The van der Waals surface area contributed by atoms with Crippen LogP contribution in [0.1, 0.15) is 113 Å². The van der Waals surface area contributed by atoms with E-state index in [1.807, 2.05) is 18.9 Å². The van der Waals surface area contributed by atoms with Gasteiger partial charge in [-0.25, -0.2) is 0 Å². The summed E-state index contributed by atoms with van der Waals surface area (Å²) in [5, 5.41) is 26.2. The molecule has 3 N–H and O–H groups in total. The van der Waals surface area contributed by atoms with Crippen molar-refractivity contribution in [1.82, 2.24) is 4.90 Å². The molecular weight excluding hydrogens is 336 g/mol. The Hall–Kier alpha value is -0.450. The SMILES string of the molecule is CCCC(CC)C(O)N(C)CCC(C)O.CCCCC.CCCCC(C)=N. The number of hydrogen-bond acceptors (Lipinski definition) is 4. The number of rotatable bonds is 13. The van der Waals surface area contributed by atoms with Crippen LogP contribution in [0.3, 0.4) is 0 Å². The molecule has 3 unspecified atom stereocenters. The van der Waals surface area contributed by atoms with Crippen LogP contribution in [-0.4, -0.2) is 46.7 Å². The molecule has 0 aliphatic heterocycles. The third-order valence-corrected chi connectivity index (χ3v) is 4.57. The van der Waals surface area contributed by atoms with E-state index in [4.69, 9.17) is 5.41 Å². The van der Waals surface area contributed by atoms with Crippen LogP contribution in [0, 0.1) is 11.3 Å². The summed E-state index contributed by atoms with van der Waals surface area (Å²) in [7, 11) is 1.92. The Bertz CT molecular complexity index is 294. The molecule has 0 radical (unpaired) electrons. The molecule has 0 spiro atoms. The normalized spacial score (nSPS) is 13.7. The van der Waals surface area contributed by atoms with Crippen molar-refractivity contribution in [3.63, 3.8) is 0 Å². The number of hydrogen-bond donors (Lipinski definition) is 3. The van der Waals surface area contributed by atoms with E-state index in [1.54, 1.807) is 6.92 Å². The molecule has 0 bridgehead atoms. The van der Waals surface area contributed by atoms with E-state index >= 15 is 0 Å². The summed E-state index contributed by atoms with van der Waals surface area (Å²) in [5.41, 5.74) is 0.807. The first-order valence-electron chi connectivity index (χ1n) is 11.3. The van der Waals surface area contributed by atoms with Gasteiger partial charge < -0.3 is 15.6 Å². The fourth-order valence-corrected chi connectivity index (χ4v) is 2.61. The molecule has 0 aromatic heterocycles. The number of nitrogens with one attached hydrogen (secondary N) is 1. The van der Waals surface area contributed by atoms with Crippen LogP contribution >= 0.6 is 0 Å². The Morgan fingerprint density at radius 2 is 1.41 bits per heavy atom. The minimum absolute atomic E-state index is 0.286. The summed E-state index contributed by atoms with van der Waals surface area (Å²) in [5.74, 6) is 0.356. The van der Waals surface area contributed by atoms with Gasteiger partial charge in [0.2, 0.25) is 0 Å². The highest BCUT2D eigenvalue weighted by Crippen LogP contribution is 2.18. The molecule has 4 nitrogen and oxygen atoms in total. The third kappa shape index (κ3) is 25.5. The van der Waals surface area contributed by atoms with Gasteiger partial charge in [-0.3, -0.25) is 4.90 Å². The molecule has 0 rings (SSSR count). The van der Waals surface area contributed by atoms with E-state index < -0.39 is 0 Å². The summed E-state index contributed by atoms with van der Waals surface area (Å²) in [4.78, 5) is 1.94. The van der Waals surface area contributed by atoms with Crippen LogP contribution in [0.25, 0.3) is 0 Å². The average molecular weight is 389 g/mol. The van der Waals surface area contributed by atoms with Crippen molar-refractivity contribution >= 4 is 5.71 Å². The summed E-state index contributed by atoms with van der Waals surface area (Å²) < 4.78 is 0. The van der Waals surface area contributed by atoms with Crippen molar-refractivity contribution in [3.05, 3.63) is 0 Å². The van der Waals surface area contributed by atoms with Crippen molar-refractivity contribution in [3.8, 4) is 0 Å². The predicted octanol–water partition coefficient (Wildman–Crippen LogP) is 6.25. The first-order valence-corrected chi connectivity index (χ1v) is 11.3. The van der Waals surface area contributed by atoms with Crippen molar-refractivity contribution in [1.29, 1.82) is 5.41 Å². The van der Waals surface area contributed by atoms with E-state index in [-0.39, 0.29) is 12.3 Å². The van der Waals surface area contributed by atoms with E-state index in [0.29, 0.717) is 5.92 Å². The smallest absolute Gasteiger partial charge is 0.109 e. The molecule has 27 heavy (non-hydrogen) atoms. The molecule has 0 aliphatic rings. The van der Waals surface area contributed by atoms with Crippen molar-refractivity contribution < 1.29 is 10.2 Å². The lowest BCUT2D eigenvalue weighted by Gasteiger charge is -2.30. The van der Waals surface area contributed by atoms with Crippen LogP contribution in [0.5, 0.6) is 0 Å². The monoisotopic (exact) mass is 388 g/mol. The maximum Gasteiger partial charge on any atom is 0.109 e. The topological polar surface area (TPSA) is 67.6 Å². The number of aliphatic hydroxyl groups is 2. The van der Waals surface area contributed by atoms with Crippen LogP contribution < -0.4 is 0 Å². The minimum Gasteiger partial charge on any atom is -0.393 e. The molecule has 0 aromatic carbocycles. The van der Waals surface area contributed by atoms with Gasteiger partial charge in [0.15, 0.2) is 0 Å². The van der Waals surface area contributed by atoms with E-state index in [0.717, 1.165) is 44.4 Å². The van der Waals surface area contributed by atoms with E-state index in [9.17, 15) is 10.2 Å². The predicted molar refractivity (Wildman–Crippen MR) is 122 cm³/mol. The minimum atomic E-state index is -0.367. The highest BCUT2D eigenvalue weighted by Gasteiger charge is 2.20. The van der Waals surface area contributed by atoms with Crippen molar-refractivity contribution in [2.24, 2.45) is 5.92 Å². The highest BCUT2D eigenvalue weighted by atomic mass is 16.3. The van der Waals surface area contributed by atoms with Crippen LogP contribution in [-0.2, 0) is 0 Å². The third-order valence-electron chi connectivity index (χ3n) is 4.57. The van der Waals surface area contributed by atoms with Crippen molar-refractivity contribution in [2.45, 2.75) is 125 Å². The highest BCUT2D eigenvalue weighted by molar-refractivity contribution is 5.78. The molecule has 0 aliphatic carbocycles. The Morgan fingerprint density at radius 3 is 1.67 bits per heavy atom. The molecule has 3 atom stereocenters. The first kappa shape index (κ1) is 31.3. The molecule has 0 saturated carbocycles. The van der Waals surface area contributed by atoms with Gasteiger partial charge >= 0.3 is 0 Å². The van der Waals surface area contributed by atoms with Gasteiger partial charge in [-0.2, -0.15) is 0 Å². The lowest BCUT2D eigenvalue weighted by molar-refractivity contribution is -0.0336. The molecule has 0 fully saturated rings. The van der Waals surface area contributed by atoms with E-state index in [2.05, 4.69) is 34.6 Å². The second kappa shape index (κ2) is 23.6. The maximum absolute atomic E-state index is 10.1. The Balaban J connectivity index is -0.000000396. The van der Waals surface area contributed by atoms with Gasteiger partial charge in [-0.1, -0.05) is 66.7 Å². The van der Waals surface area contributed by atoms with Crippen LogP contribution in [0.2, 0.25) is 0 Å². The molecule has 166 valence electrons. The summed E-state index contributed by atoms with van der Waals surface area (Å²) in [6.45, 7) is 15.2. The Labute approximate surface area is 171 Å². The van der Waals surface area contributed by atoms with Crippen LogP contribution in [0.4, 0.5) is 0 Å². The van der Waals surface area contributed by atoms with Gasteiger partial charge in [0, 0.05) is 12.3 Å². The van der Waals surface area contributed by atoms with Gasteiger partial charge in [0.05, 0.1) is 6.10 Å². The van der Waals surface area contributed by atoms with Crippen LogP contribution in [0.15, 0.2) is 0 Å². The second-order valence-corrected chi connectivity index (χ2v) is 7.73. The van der Waals surface area contributed by atoms with Gasteiger partial charge in [0.25, 0.3) is 0 Å². The zero-order chi connectivity index (χ0) is 21.7. The molecule has 0 saturated heterocycles. The summed E-state index contributed by atoms with van der Waals surface area (Å²) in [6, 6.07) is 0. The summed E-state index contributed by atoms with van der Waals surface area (Å²) in [6.07, 6.45) is 10.7. The standard InChI is InChI=1S/C12H27NO2.C6H13N.C5H12/c1-5-7-11(6-2)12(15)13(4)9-8-10(3)14;1-3-4-5-6(2)7;1-3-5-4-2/h10-12,14-15H,5-9H2,1-4H3;7H,3-5H2,1-2H3;3-5H2,1-2H3.